The molecule has 4 rings (SSSR count). The molecule has 1 saturated heterocycles. The van der Waals surface area contributed by atoms with Crippen molar-refractivity contribution in [2.24, 2.45) is 0 Å². The highest BCUT2D eigenvalue weighted by atomic mass is 35.5. The number of para-hydroxylation sites is 1. The molecule has 0 saturated carbocycles. The van der Waals surface area contributed by atoms with Crippen molar-refractivity contribution in [3.63, 3.8) is 0 Å². The molecule has 1 aromatic heterocycles. The van der Waals surface area contributed by atoms with Gasteiger partial charge in [0, 0.05) is 0 Å². The Labute approximate surface area is 230 Å². The lowest BCUT2D eigenvalue weighted by Gasteiger charge is -2.29. The van der Waals surface area contributed by atoms with Gasteiger partial charge in [-0.25, -0.2) is 13.4 Å². The van der Waals surface area contributed by atoms with E-state index in [0.717, 1.165) is 37.4 Å². The maximum absolute atomic E-state index is 12.9. The first-order chi connectivity index (χ1) is 18.0. The van der Waals surface area contributed by atoms with Crippen LogP contribution in [0.1, 0.15) is 52.0 Å². The molecule has 10 heteroatoms. The van der Waals surface area contributed by atoms with Crippen LogP contribution in [0.3, 0.4) is 0 Å². The fourth-order valence-corrected chi connectivity index (χ4v) is 5.76. The summed E-state index contributed by atoms with van der Waals surface area (Å²) in [5.41, 5.74) is 2.41. The first kappa shape index (κ1) is 28.1. The number of nitrogens with one attached hydrogen (secondary N) is 2. The van der Waals surface area contributed by atoms with Crippen LogP contribution in [0.5, 0.6) is 5.75 Å². The van der Waals surface area contributed by atoms with Crippen LogP contribution in [0.25, 0.3) is 0 Å². The zero-order chi connectivity index (χ0) is 27.4. The molecule has 1 aliphatic rings. The first-order valence-corrected chi connectivity index (χ1v) is 14.9. The molecule has 1 fully saturated rings. The molecule has 0 radical (unpaired) electrons. The zero-order valence-electron chi connectivity index (χ0n) is 22.5. The predicted octanol–water partition coefficient (Wildman–Crippen LogP) is 6.40. The molecule has 0 spiro atoms. The van der Waals surface area contributed by atoms with Gasteiger partial charge in [-0.1, -0.05) is 29.8 Å². The lowest BCUT2D eigenvalue weighted by Crippen LogP contribution is -2.29. The van der Waals surface area contributed by atoms with Crippen molar-refractivity contribution in [3.8, 4) is 5.75 Å². The Morgan fingerprint density at radius 1 is 1.03 bits per heavy atom. The maximum atomic E-state index is 12.9. The molecule has 1 aliphatic heterocycles. The lowest BCUT2D eigenvalue weighted by atomic mass is 9.89. The van der Waals surface area contributed by atoms with Crippen LogP contribution < -0.4 is 15.4 Å². The summed E-state index contributed by atoms with van der Waals surface area (Å²) in [4.78, 5) is 11.4. The topological polar surface area (TPSA) is 96.5 Å². The molecule has 2 N–H and O–H groups in total. The molecule has 204 valence electrons. The highest BCUT2D eigenvalue weighted by Crippen LogP contribution is 2.36. The summed E-state index contributed by atoms with van der Waals surface area (Å²) in [5.74, 6) is 1.84. The number of piperidine rings is 1. The highest BCUT2D eigenvalue weighted by molar-refractivity contribution is 7.92. The van der Waals surface area contributed by atoms with Crippen molar-refractivity contribution in [2.45, 2.75) is 62.7 Å². The average molecular weight is 558 g/mol. The van der Waals surface area contributed by atoms with E-state index in [0.29, 0.717) is 23.4 Å². The van der Waals surface area contributed by atoms with E-state index in [4.69, 9.17) is 16.3 Å². The van der Waals surface area contributed by atoms with Crippen LogP contribution in [0.4, 0.5) is 23.1 Å². The predicted molar refractivity (Wildman–Crippen MR) is 154 cm³/mol. The lowest BCUT2D eigenvalue weighted by molar-refractivity contribution is 0.241. The fraction of sp³-hybridized carbons (Fsp3) is 0.429. The second-order valence-electron chi connectivity index (χ2n) is 10.2. The summed E-state index contributed by atoms with van der Waals surface area (Å²) >= 11 is 6.40. The van der Waals surface area contributed by atoms with Crippen molar-refractivity contribution in [3.05, 3.63) is 59.2 Å². The molecule has 2 aromatic carbocycles. The quantitative estimate of drug-likeness (QED) is 0.312. The third kappa shape index (κ3) is 6.57. The molecule has 3 aromatic rings. The Hall–Kier alpha value is -2.88. The molecular formula is C28H36ClN5O3S. The largest absolute Gasteiger partial charge is 0.489 e. The Morgan fingerprint density at radius 3 is 2.42 bits per heavy atom. The van der Waals surface area contributed by atoms with Gasteiger partial charge in [-0.05, 0) is 96.4 Å². The monoisotopic (exact) mass is 557 g/mol. The van der Waals surface area contributed by atoms with Crippen LogP contribution in [0, 0.1) is 0 Å². The van der Waals surface area contributed by atoms with E-state index in [2.05, 4.69) is 44.7 Å². The van der Waals surface area contributed by atoms with Gasteiger partial charge >= 0.3 is 0 Å². The summed E-state index contributed by atoms with van der Waals surface area (Å²) < 4.78 is 31.9. The van der Waals surface area contributed by atoms with E-state index in [-0.39, 0.29) is 16.0 Å². The van der Waals surface area contributed by atoms with E-state index in [1.54, 1.807) is 38.1 Å². The zero-order valence-corrected chi connectivity index (χ0v) is 24.1. The van der Waals surface area contributed by atoms with Crippen molar-refractivity contribution >= 4 is 44.6 Å². The van der Waals surface area contributed by atoms with Crippen LogP contribution in [-0.2, 0) is 9.84 Å². The summed E-state index contributed by atoms with van der Waals surface area (Å²) in [5, 5.41) is 6.05. The maximum Gasteiger partial charge on any atom is 0.229 e. The van der Waals surface area contributed by atoms with E-state index >= 15 is 0 Å². The van der Waals surface area contributed by atoms with E-state index in [1.807, 2.05) is 19.9 Å². The van der Waals surface area contributed by atoms with Crippen molar-refractivity contribution in [1.82, 2.24) is 14.9 Å². The molecule has 8 nitrogen and oxygen atoms in total. The normalized spacial score (nSPS) is 15.2. The summed E-state index contributed by atoms with van der Waals surface area (Å²) in [6, 6.07) is 13.0. The number of benzene rings is 2. The average Bonchev–Trinajstić information content (AvgIpc) is 2.87. The van der Waals surface area contributed by atoms with Gasteiger partial charge in [0.05, 0.1) is 33.8 Å². The van der Waals surface area contributed by atoms with Crippen molar-refractivity contribution in [2.75, 3.05) is 30.8 Å². The van der Waals surface area contributed by atoms with Crippen molar-refractivity contribution in [1.29, 1.82) is 0 Å². The van der Waals surface area contributed by atoms with Gasteiger partial charge in [-0.15, -0.1) is 0 Å². The van der Waals surface area contributed by atoms with Crippen LogP contribution in [0.15, 0.2) is 53.6 Å². The van der Waals surface area contributed by atoms with Gasteiger partial charge in [-0.2, -0.15) is 4.98 Å². The van der Waals surface area contributed by atoms with Gasteiger partial charge in [0.25, 0.3) is 0 Å². The van der Waals surface area contributed by atoms with Crippen molar-refractivity contribution < 1.29 is 13.2 Å². The van der Waals surface area contributed by atoms with E-state index < -0.39 is 15.1 Å². The van der Waals surface area contributed by atoms with Crippen LogP contribution in [-0.4, -0.2) is 54.8 Å². The molecule has 0 atom stereocenters. The molecule has 38 heavy (non-hydrogen) atoms. The number of hydrogen-bond acceptors (Lipinski definition) is 8. The van der Waals surface area contributed by atoms with Crippen LogP contribution in [0.2, 0.25) is 5.02 Å². The Balaban J connectivity index is 1.61. The van der Waals surface area contributed by atoms with Gasteiger partial charge in [-0.3, -0.25) is 0 Å². The first-order valence-electron chi connectivity index (χ1n) is 12.9. The van der Waals surface area contributed by atoms with Gasteiger partial charge in [0.1, 0.15) is 10.8 Å². The third-order valence-corrected chi connectivity index (χ3v) is 9.10. The fourth-order valence-electron chi connectivity index (χ4n) is 4.42. The number of aromatic nitrogens is 2. The minimum Gasteiger partial charge on any atom is -0.489 e. The van der Waals surface area contributed by atoms with E-state index in [9.17, 15) is 8.42 Å². The standard InChI is InChI=1S/C28H36ClN5O3S/c1-18(2)37-25-16-21(20-12-14-34(5)15-13-20)10-11-23(25)32-28-30-17-22(29)27(33-28)31-24-8-6-7-9-26(24)38(35,36)19(3)4/h6-11,16-20H,12-15H2,1-5H3,(H2,30,31,32,33). The molecule has 0 aliphatic carbocycles. The number of nitrogens with zero attached hydrogens (tertiary/aromatic N) is 3. The summed E-state index contributed by atoms with van der Waals surface area (Å²) in [7, 11) is -1.36. The highest BCUT2D eigenvalue weighted by Gasteiger charge is 2.24. The number of rotatable bonds is 9. The third-order valence-electron chi connectivity index (χ3n) is 6.62. The Morgan fingerprint density at radius 2 is 1.74 bits per heavy atom. The number of sulfone groups is 1. The summed E-state index contributed by atoms with van der Waals surface area (Å²) in [6.07, 6.45) is 3.71. The van der Waals surface area contributed by atoms with Gasteiger partial charge in [0.2, 0.25) is 5.95 Å². The smallest absolute Gasteiger partial charge is 0.229 e. The van der Waals surface area contributed by atoms with Crippen LogP contribution >= 0.6 is 11.6 Å². The van der Waals surface area contributed by atoms with E-state index in [1.165, 1.54) is 11.8 Å². The molecule has 2 heterocycles. The summed E-state index contributed by atoms with van der Waals surface area (Å²) in [6.45, 7) is 9.47. The Kier molecular flexibility index (Phi) is 8.80. The molecule has 0 amide bonds. The Bertz CT molecular complexity index is 1370. The molecule has 0 bridgehead atoms. The second-order valence-corrected chi connectivity index (χ2v) is 13.1. The van der Waals surface area contributed by atoms with Gasteiger partial charge in [0.15, 0.2) is 15.7 Å². The number of ether oxygens (including phenoxy) is 1. The minimum absolute atomic E-state index is 0.00828. The number of hydrogen-bond donors (Lipinski definition) is 2. The number of likely N-dealkylation sites (tertiary alicyclic amines) is 1. The number of anilines is 4. The van der Waals surface area contributed by atoms with Gasteiger partial charge < -0.3 is 20.3 Å². The minimum atomic E-state index is -3.52. The molecule has 0 unspecified atom stereocenters. The SMILES string of the molecule is CC(C)Oc1cc(C2CCN(C)CC2)ccc1Nc1ncc(Cl)c(Nc2ccccc2S(=O)(=O)C(C)C)n1. The number of halogens is 1. The second kappa shape index (κ2) is 11.9. The molecular weight excluding hydrogens is 522 g/mol.